The van der Waals surface area contributed by atoms with Crippen LogP contribution >= 0.6 is 11.6 Å². The third-order valence-electron chi connectivity index (χ3n) is 3.40. The second-order valence-corrected chi connectivity index (χ2v) is 5.51. The summed E-state index contributed by atoms with van der Waals surface area (Å²) in [5.41, 5.74) is 2.17. The monoisotopic (exact) mass is 306 g/mol. The molecular weight excluding hydrogens is 284 g/mol. The van der Waals surface area contributed by atoms with Crippen LogP contribution in [0.5, 0.6) is 0 Å². The van der Waals surface area contributed by atoms with Crippen molar-refractivity contribution in [2.75, 3.05) is 19.8 Å². The van der Waals surface area contributed by atoms with Crippen LogP contribution in [0.4, 0.5) is 0 Å². The minimum atomic E-state index is 0.756. The average Bonchev–Trinajstić information content (AvgIpc) is 2.52. The summed E-state index contributed by atoms with van der Waals surface area (Å²) in [6.07, 6.45) is 5.18. The zero-order chi connectivity index (χ0) is 14.9. The van der Waals surface area contributed by atoms with Crippen LogP contribution in [-0.4, -0.2) is 24.7 Å². The quantitative estimate of drug-likeness (QED) is 0.706. The maximum Gasteiger partial charge on any atom is 0.0761 e. The van der Waals surface area contributed by atoms with Crippen molar-refractivity contribution < 1.29 is 4.74 Å². The van der Waals surface area contributed by atoms with Gasteiger partial charge in [-0.05, 0) is 43.1 Å². The lowest BCUT2D eigenvalue weighted by Gasteiger charge is -2.09. The summed E-state index contributed by atoms with van der Waals surface area (Å²) in [6, 6.07) is 7.91. The zero-order valence-corrected chi connectivity index (χ0v) is 13.3. The molecule has 114 valence electrons. The predicted octanol–water partition coefficient (Wildman–Crippen LogP) is 4.18. The van der Waals surface area contributed by atoms with E-state index in [1.54, 1.807) is 0 Å². The molecule has 0 saturated carbocycles. The normalized spacial score (nSPS) is 11.1. The minimum absolute atomic E-state index is 0.756. The number of halogens is 1. The Bertz CT molecular complexity index is 559. The lowest BCUT2D eigenvalue weighted by molar-refractivity contribution is 0.129. The molecule has 3 nitrogen and oxygen atoms in total. The summed E-state index contributed by atoms with van der Waals surface area (Å²) in [4.78, 5) is 4.44. The van der Waals surface area contributed by atoms with Crippen molar-refractivity contribution in [3.05, 3.63) is 41.0 Å². The fourth-order valence-electron chi connectivity index (χ4n) is 2.21. The summed E-state index contributed by atoms with van der Waals surface area (Å²) in [6.45, 7) is 5.63. The summed E-state index contributed by atoms with van der Waals surface area (Å²) in [5, 5.41) is 5.21. The van der Waals surface area contributed by atoms with Crippen LogP contribution in [0, 0.1) is 0 Å². The Labute approximate surface area is 131 Å². The summed E-state index contributed by atoms with van der Waals surface area (Å²) in [7, 11) is 0. The highest BCUT2D eigenvalue weighted by molar-refractivity contribution is 6.35. The van der Waals surface area contributed by atoms with Crippen LogP contribution in [0.3, 0.4) is 0 Å². The number of rotatable bonds is 9. The minimum Gasteiger partial charge on any atom is -0.381 e. The van der Waals surface area contributed by atoms with Crippen LogP contribution in [-0.2, 0) is 11.3 Å². The van der Waals surface area contributed by atoms with E-state index in [9.17, 15) is 0 Å². The van der Waals surface area contributed by atoms with Gasteiger partial charge in [-0.2, -0.15) is 0 Å². The average molecular weight is 307 g/mol. The Morgan fingerprint density at radius 2 is 2.05 bits per heavy atom. The van der Waals surface area contributed by atoms with Gasteiger partial charge in [0.2, 0.25) is 0 Å². The van der Waals surface area contributed by atoms with Gasteiger partial charge in [0, 0.05) is 36.4 Å². The zero-order valence-electron chi connectivity index (χ0n) is 12.6. The molecule has 0 unspecified atom stereocenters. The van der Waals surface area contributed by atoms with Crippen molar-refractivity contribution in [3.8, 4) is 0 Å². The summed E-state index contributed by atoms with van der Waals surface area (Å²) < 4.78 is 5.54. The first-order valence-corrected chi connectivity index (χ1v) is 8.01. The fourth-order valence-corrected chi connectivity index (χ4v) is 2.43. The van der Waals surface area contributed by atoms with Crippen molar-refractivity contribution in [2.24, 2.45) is 0 Å². The number of nitrogens with one attached hydrogen (secondary N) is 1. The van der Waals surface area contributed by atoms with E-state index in [0.29, 0.717) is 0 Å². The molecule has 0 aliphatic carbocycles. The number of fused-ring (bicyclic) bond motifs is 1. The molecule has 1 aromatic heterocycles. The molecule has 2 rings (SSSR count). The summed E-state index contributed by atoms with van der Waals surface area (Å²) in [5.74, 6) is 0. The van der Waals surface area contributed by atoms with Crippen LogP contribution in [0.1, 0.15) is 31.7 Å². The molecule has 0 saturated heterocycles. The highest BCUT2D eigenvalue weighted by atomic mass is 35.5. The molecular formula is C17H23ClN2O. The molecule has 0 bridgehead atoms. The van der Waals surface area contributed by atoms with Gasteiger partial charge in [-0.3, -0.25) is 4.98 Å². The second kappa shape index (κ2) is 8.98. The third-order valence-corrected chi connectivity index (χ3v) is 3.73. The van der Waals surface area contributed by atoms with E-state index in [1.165, 1.54) is 12.0 Å². The van der Waals surface area contributed by atoms with E-state index in [1.807, 2.05) is 30.5 Å². The molecule has 0 aliphatic rings. The van der Waals surface area contributed by atoms with Crippen LogP contribution in [0.2, 0.25) is 5.02 Å². The number of hydrogen-bond acceptors (Lipinski definition) is 3. The molecule has 0 amide bonds. The molecule has 1 heterocycles. The Morgan fingerprint density at radius 1 is 1.19 bits per heavy atom. The Morgan fingerprint density at radius 3 is 2.90 bits per heavy atom. The molecule has 1 N–H and O–H groups in total. The Hall–Kier alpha value is -1.16. The van der Waals surface area contributed by atoms with Crippen molar-refractivity contribution in [1.29, 1.82) is 0 Å². The Balaban J connectivity index is 1.78. The van der Waals surface area contributed by atoms with Gasteiger partial charge in [-0.1, -0.05) is 31.0 Å². The van der Waals surface area contributed by atoms with Gasteiger partial charge >= 0.3 is 0 Å². The number of ether oxygens (including phenoxy) is 1. The number of aromatic nitrogens is 1. The van der Waals surface area contributed by atoms with E-state index in [-0.39, 0.29) is 0 Å². The maximum absolute atomic E-state index is 6.20. The number of unbranched alkanes of at least 4 members (excludes halogenated alkanes) is 1. The molecule has 0 aliphatic heterocycles. The molecule has 2 aromatic rings. The van der Waals surface area contributed by atoms with Crippen molar-refractivity contribution in [2.45, 2.75) is 32.7 Å². The molecule has 0 fully saturated rings. The van der Waals surface area contributed by atoms with Crippen LogP contribution < -0.4 is 5.32 Å². The fraction of sp³-hybridized carbons (Fsp3) is 0.471. The topological polar surface area (TPSA) is 34.1 Å². The molecule has 0 spiro atoms. The van der Waals surface area contributed by atoms with E-state index in [2.05, 4.69) is 17.2 Å². The highest BCUT2D eigenvalue weighted by Crippen LogP contribution is 2.24. The largest absolute Gasteiger partial charge is 0.381 e. The standard InChI is InChI=1S/C17H23ClN2O/c1-2-3-11-21-12-5-9-19-13-14-7-8-16(18)15-6-4-10-20-17(14)15/h4,6-8,10,19H,2-3,5,9,11-13H2,1H3. The predicted molar refractivity (Wildman–Crippen MR) is 88.8 cm³/mol. The first-order valence-electron chi connectivity index (χ1n) is 7.63. The van der Waals surface area contributed by atoms with E-state index in [4.69, 9.17) is 16.3 Å². The second-order valence-electron chi connectivity index (χ2n) is 5.10. The van der Waals surface area contributed by atoms with Crippen LogP contribution in [0.25, 0.3) is 10.9 Å². The van der Waals surface area contributed by atoms with Crippen LogP contribution in [0.15, 0.2) is 30.5 Å². The number of nitrogens with zero attached hydrogens (tertiary/aromatic N) is 1. The number of benzene rings is 1. The lowest BCUT2D eigenvalue weighted by Crippen LogP contribution is -2.17. The van der Waals surface area contributed by atoms with Gasteiger partial charge in [0.15, 0.2) is 0 Å². The van der Waals surface area contributed by atoms with Gasteiger partial charge in [0.25, 0.3) is 0 Å². The molecule has 1 aromatic carbocycles. The van der Waals surface area contributed by atoms with Gasteiger partial charge in [0.05, 0.1) is 5.52 Å². The first kappa shape index (κ1) is 16.2. The van der Waals surface area contributed by atoms with Gasteiger partial charge in [-0.15, -0.1) is 0 Å². The van der Waals surface area contributed by atoms with E-state index >= 15 is 0 Å². The number of pyridine rings is 1. The van der Waals surface area contributed by atoms with Crippen molar-refractivity contribution in [1.82, 2.24) is 10.3 Å². The van der Waals surface area contributed by atoms with E-state index < -0.39 is 0 Å². The van der Waals surface area contributed by atoms with Gasteiger partial charge in [-0.25, -0.2) is 0 Å². The van der Waals surface area contributed by atoms with Gasteiger partial charge < -0.3 is 10.1 Å². The molecule has 4 heteroatoms. The van der Waals surface area contributed by atoms with Crippen molar-refractivity contribution in [3.63, 3.8) is 0 Å². The Kier molecular flexibility index (Phi) is 6.93. The SMILES string of the molecule is CCCCOCCCNCc1ccc(Cl)c2cccnc12. The highest BCUT2D eigenvalue weighted by Gasteiger charge is 2.04. The van der Waals surface area contributed by atoms with E-state index in [0.717, 1.165) is 55.1 Å². The lowest BCUT2D eigenvalue weighted by atomic mass is 10.1. The molecule has 0 atom stereocenters. The number of hydrogen-bond donors (Lipinski definition) is 1. The molecule has 21 heavy (non-hydrogen) atoms. The van der Waals surface area contributed by atoms with Crippen molar-refractivity contribution >= 4 is 22.5 Å². The molecule has 0 radical (unpaired) electrons. The maximum atomic E-state index is 6.20. The third kappa shape index (κ3) is 4.95. The smallest absolute Gasteiger partial charge is 0.0761 e. The van der Waals surface area contributed by atoms with Gasteiger partial charge in [0.1, 0.15) is 0 Å². The first-order chi connectivity index (χ1) is 10.3. The summed E-state index contributed by atoms with van der Waals surface area (Å²) >= 11 is 6.20.